The molecule has 0 aliphatic heterocycles. The highest BCUT2D eigenvalue weighted by atomic mass is 35.7. The fraction of sp³-hybridized carbons (Fsp3) is 0.250. The molecular weight excluding hydrogens is 234 g/mol. The molecule has 0 radical (unpaired) electrons. The van der Waals surface area contributed by atoms with Crippen LogP contribution in [-0.4, -0.2) is 8.42 Å². The molecule has 0 saturated carbocycles. The summed E-state index contributed by atoms with van der Waals surface area (Å²) in [6.45, 7) is 0. The van der Waals surface area contributed by atoms with E-state index in [1.54, 1.807) is 0 Å². The third-order valence-corrected chi connectivity index (χ3v) is 2.58. The summed E-state index contributed by atoms with van der Waals surface area (Å²) in [4.78, 5) is 0. The molecule has 6 heteroatoms. The lowest BCUT2D eigenvalue weighted by Crippen LogP contribution is -1.95. The van der Waals surface area contributed by atoms with Crippen molar-refractivity contribution in [2.75, 3.05) is 0 Å². The Kier molecular flexibility index (Phi) is 3.44. The number of benzene rings is 1. The Labute approximate surface area is 84.9 Å². The minimum absolute atomic E-state index is 0.138. The molecule has 0 N–H and O–H groups in total. The fourth-order valence-corrected chi connectivity index (χ4v) is 1.93. The van der Waals surface area contributed by atoms with Crippen LogP contribution in [0.15, 0.2) is 24.3 Å². The Morgan fingerprint density at radius 2 is 1.71 bits per heavy atom. The van der Waals surface area contributed by atoms with Crippen molar-refractivity contribution in [2.45, 2.75) is 12.2 Å². The van der Waals surface area contributed by atoms with Crippen LogP contribution in [0.4, 0.5) is 8.78 Å². The van der Waals surface area contributed by atoms with E-state index in [9.17, 15) is 17.2 Å². The van der Waals surface area contributed by atoms with Gasteiger partial charge in [-0.05, 0) is 5.56 Å². The van der Waals surface area contributed by atoms with E-state index in [-0.39, 0.29) is 11.3 Å². The van der Waals surface area contributed by atoms with Crippen molar-refractivity contribution in [1.82, 2.24) is 0 Å². The predicted molar refractivity (Wildman–Crippen MR) is 49.9 cm³/mol. The number of alkyl halides is 2. The number of rotatable bonds is 3. The zero-order valence-electron chi connectivity index (χ0n) is 6.95. The van der Waals surface area contributed by atoms with E-state index in [1.165, 1.54) is 24.3 Å². The number of hydrogen-bond acceptors (Lipinski definition) is 2. The van der Waals surface area contributed by atoms with Gasteiger partial charge in [0.1, 0.15) is 0 Å². The van der Waals surface area contributed by atoms with Gasteiger partial charge in [0.05, 0.1) is 5.75 Å². The number of hydrogen-bond donors (Lipinski definition) is 0. The van der Waals surface area contributed by atoms with Gasteiger partial charge in [-0.2, -0.15) is 0 Å². The van der Waals surface area contributed by atoms with Crippen LogP contribution >= 0.6 is 10.7 Å². The Hall–Kier alpha value is -0.680. The van der Waals surface area contributed by atoms with Crippen LogP contribution in [0.5, 0.6) is 0 Å². The molecule has 0 spiro atoms. The van der Waals surface area contributed by atoms with Crippen molar-refractivity contribution in [3.63, 3.8) is 0 Å². The molecule has 0 unspecified atom stereocenters. The molecule has 0 atom stereocenters. The van der Waals surface area contributed by atoms with Gasteiger partial charge < -0.3 is 0 Å². The van der Waals surface area contributed by atoms with Gasteiger partial charge in [0.2, 0.25) is 9.05 Å². The van der Waals surface area contributed by atoms with Gasteiger partial charge in [0.25, 0.3) is 6.43 Å². The summed E-state index contributed by atoms with van der Waals surface area (Å²) in [7, 11) is 1.37. The van der Waals surface area contributed by atoms with E-state index in [1.807, 2.05) is 0 Å². The van der Waals surface area contributed by atoms with Gasteiger partial charge in [-0.1, -0.05) is 24.3 Å². The van der Waals surface area contributed by atoms with E-state index in [0.29, 0.717) is 5.56 Å². The van der Waals surface area contributed by atoms with Gasteiger partial charge in [-0.25, -0.2) is 17.2 Å². The SMILES string of the molecule is O=S(=O)(Cl)Cc1ccc(C(F)F)cc1. The second-order valence-corrected chi connectivity index (χ2v) is 5.50. The Morgan fingerprint density at radius 3 is 2.07 bits per heavy atom. The van der Waals surface area contributed by atoms with Crippen LogP contribution in [-0.2, 0) is 14.8 Å². The van der Waals surface area contributed by atoms with Crippen LogP contribution in [0.2, 0.25) is 0 Å². The fourth-order valence-electron chi connectivity index (χ4n) is 0.958. The largest absolute Gasteiger partial charge is 0.263 e. The molecule has 0 saturated heterocycles. The topological polar surface area (TPSA) is 34.1 Å². The van der Waals surface area contributed by atoms with Crippen molar-refractivity contribution in [3.8, 4) is 0 Å². The summed E-state index contributed by atoms with van der Waals surface area (Å²) in [5.41, 5.74) is 0.255. The van der Waals surface area contributed by atoms with Crippen molar-refractivity contribution < 1.29 is 17.2 Å². The van der Waals surface area contributed by atoms with Crippen LogP contribution in [0.3, 0.4) is 0 Å². The Bertz CT molecular complexity index is 400. The second kappa shape index (κ2) is 4.23. The molecule has 0 aromatic heterocycles. The molecule has 0 bridgehead atoms. The molecule has 0 heterocycles. The van der Waals surface area contributed by atoms with E-state index in [0.717, 1.165) is 0 Å². The van der Waals surface area contributed by atoms with E-state index >= 15 is 0 Å². The third kappa shape index (κ3) is 3.59. The van der Waals surface area contributed by atoms with E-state index in [4.69, 9.17) is 10.7 Å². The molecule has 14 heavy (non-hydrogen) atoms. The smallest absolute Gasteiger partial charge is 0.212 e. The predicted octanol–water partition coefficient (Wildman–Crippen LogP) is 2.69. The zero-order chi connectivity index (χ0) is 10.8. The lowest BCUT2D eigenvalue weighted by atomic mass is 10.2. The second-order valence-electron chi connectivity index (χ2n) is 2.73. The summed E-state index contributed by atoms with van der Waals surface area (Å²) in [6.07, 6.45) is -2.54. The molecule has 78 valence electrons. The molecule has 0 fully saturated rings. The molecule has 0 amide bonds. The normalized spacial score (nSPS) is 12.0. The summed E-state index contributed by atoms with van der Waals surface area (Å²) in [6, 6.07) is 5.01. The highest BCUT2D eigenvalue weighted by Crippen LogP contribution is 2.19. The van der Waals surface area contributed by atoms with Gasteiger partial charge in [-0.15, -0.1) is 0 Å². The van der Waals surface area contributed by atoms with Crippen LogP contribution in [0.25, 0.3) is 0 Å². The minimum atomic E-state index is -3.63. The lowest BCUT2D eigenvalue weighted by molar-refractivity contribution is 0.151. The average Bonchev–Trinajstić information content (AvgIpc) is 2.02. The van der Waals surface area contributed by atoms with E-state index in [2.05, 4.69) is 0 Å². The van der Waals surface area contributed by atoms with Crippen LogP contribution in [0, 0.1) is 0 Å². The molecule has 1 rings (SSSR count). The van der Waals surface area contributed by atoms with Gasteiger partial charge in [-0.3, -0.25) is 0 Å². The maximum atomic E-state index is 12.1. The van der Waals surface area contributed by atoms with Gasteiger partial charge in [0.15, 0.2) is 0 Å². The minimum Gasteiger partial charge on any atom is -0.212 e. The summed E-state index contributed by atoms with van der Waals surface area (Å²) in [5, 5.41) is 0. The Morgan fingerprint density at radius 1 is 1.21 bits per heavy atom. The highest BCUT2D eigenvalue weighted by Gasteiger charge is 2.09. The van der Waals surface area contributed by atoms with Crippen molar-refractivity contribution >= 4 is 19.7 Å². The van der Waals surface area contributed by atoms with Gasteiger partial charge >= 0.3 is 0 Å². The molecular formula is C8H7ClF2O2S. The van der Waals surface area contributed by atoms with Crippen molar-refractivity contribution in [1.29, 1.82) is 0 Å². The monoisotopic (exact) mass is 240 g/mol. The maximum absolute atomic E-state index is 12.1. The highest BCUT2D eigenvalue weighted by molar-refractivity contribution is 8.13. The summed E-state index contributed by atoms with van der Waals surface area (Å²) >= 11 is 0. The first-order chi connectivity index (χ1) is 6.38. The molecule has 1 aromatic rings. The first-order valence-corrected chi connectivity index (χ1v) is 6.15. The molecule has 1 aromatic carbocycles. The standard InChI is InChI=1S/C8H7ClF2O2S/c9-14(12,13)5-6-1-3-7(4-2-6)8(10)11/h1-4,8H,5H2. The lowest BCUT2D eigenvalue weighted by Gasteiger charge is -2.01. The average molecular weight is 241 g/mol. The van der Waals surface area contributed by atoms with Crippen molar-refractivity contribution in [3.05, 3.63) is 35.4 Å². The van der Waals surface area contributed by atoms with Crippen LogP contribution < -0.4 is 0 Å². The van der Waals surface area contributed by atoms with Crippen LogP contribution in [0.1, 0.15) is 17.6 Å². The number of halogens is 3. The maximum Gasteiger partial charge on any atom is 0.263 e. The van der Waals surface area contributed by atoms with E-state index < -0.39 is 15.5 Å². The molecule has 2 nitrogen and oxygen atoms in total. The zero-order valence-corrected chi connectivity index (χ0v) is 8.52. The molecule has 0 aliphatic rings. The van der Waals surface area contributed by atoms with Gasteiger partial charge in [0, 0.05) is 16.2 Å². The summed E-state index contributed by atoms with van der Waals surface area (Å²) < 4.78 is 45.5. The molecule has 0 aliphatic carbocycles. The third-order valence-electron chi connectivity index (χ3n) is 1.57. The first kappa shape index (κ1) is 11.4. The summed E-state index contributed by atoms with van der Waals surface area (Å²) in [5.74, 6) is -0.349. The first-order valence-electron chi connectivity index (χ1n) is 3.68. The Balaban J connectivity index is 2.84. The quantitative estimate of drug-likeness (QED) is 0.762. The van der Waals surface area contributed by atoms with Crippen molar-refractivity contribution in [2.24, 2.45) is 0 Å².